The zero-order valence-electron chi connectivity index (χ0n) is 10.7. The molecule has 0 unspecified atom stereocenters. The average Bonchev–Trinajstić information content (AvgIpc) is 2.46. The highest BCUT2D eigenvalue weighted by Gasteiger charge is 2.13. The molecule has 1 aliphatic heterocycles. The van der Waals surface area contributed by atoms with Crippen molar-refractivity contribution >= 4 is 11.5 Å². The zero-order chi connectivity index (χ0) is 12.2. The molecule has 1 fully saturated rings. The summed E-state index contributed by atoms with van der Waals surface area (Å²) in [6.07, 6.45) is 7.23. The molecule has 0 atom stereocenters. The van der Waals surface area contributed by atoms with Crippen LogP contribution in [0.1, 0.15) is 43.2 Å². The summed E-state index contributed by atoms with van der Waals surface area (Å²) < 4.78 is 0. The highest BCUT2D eigenvalue weighted by atomic mass is 15.3. The van der Waals surface area contributed by atoms with Crippen molar-refractivity contribution in [2.24, 2.45) is 10.1 Å². The molecule has 1 N–H and O–H groups in total. The van der Waals surface area contributed by atoms with Gasteiger partial charge in [-0.15, -0.1) is 0 Å². The van der Waals surface area contributed by atoms with E-state index in [1.807, 2.05) is 0 Å². The van der Waals surface area contributed by atoms with Crippen LogP contribution in [0.2, 0.25) is 0 Å². The van der Waals surface area contributed by atoms with Crippen LogP contribution in [0.3, 0.4) is 0 Å². The van der Waals surface area contributed by atoms with Gasteiger partial charge >= 0.3 is 0 Å². The van der Waals surface area contributed by atoms with Crippen LogP contribution in [0, 0.1) is 0 Å². The summed E-state index contributed by atoms with van der Waals surface area (Å²) >= 11 is 0. The Kier molecular flexibility index (Phi) is 3.40. The molecule has 0 radical (unpaired) electrons. The summed E-state index contributed by atoms with van der Waals surface area (Å²) in [5.41, 5.74) is 7.07. The molecule has 3 nitrogen and oxygen atoms in total. The van der Waals surface area contributed by atoms with Crippen molar-refractivity contribution in [1.29, 1.82) is 0 Å². The van der Waals surface area contributed by atoms with Crippen molar-refractivity contribution < 1.29 is 0 Å². The highest BCUT2D eigenvalue weighted by Crippen LogP contribution is 2.16. The van der Waals surface area contributed by atoms with E-state index in [9.17, 15) is 0 Å². The fourth-order valence-corrected chi connectivity index (χ4v) is 2.64. The lowest BCUT2D eigenvalue weighted by Gasteiger charge is -2.17. The lowest BCUT2D eigenvalue weighted by molar-refractivity contribution is 0.661. The molecule has 1 aromatic rings. The maximum atomic E-state index is 4.55. The van der Waals surface area contributed by atoms with Crippen LogP contribution in [0.5, 0.6) is 0 Å². The van der Waals surface area contributed by atoms with Crippen molar-refractivity contribution in [3.63, 3.8) is 0 Å². The Morgan fingerprint density at radius 1 is 1.00 bits per heavy atom. The first kappa shape index (κ1) is 11.5. The monoisotopic (exact) mass is 241 g/mol. The lowest BCUT2D eigenvalue weighted by atomic mass is 9.99. The van der Waals surface area contributed by atoms with Gasteiger partial charge in [0.15, 0.2) is 0 Å². The van der Waals surface area contributed by atoms with Crippen molar-refractivity contribution in [3.8, 4) is 0 Å². The molecule has 3 heteroatoms. The molecule has 3 rings (SSSR count). The Labute approximate surface area is 108 Å². The van der Waals surface area contributed by atoms with E-state index in [4.69, 9.17) is 0 Å². The van der Waals surface area contributed by atoms with Gasteiger partial charge in [0.1, 0.15) is 5.84 Å². The Morgan fingerprint density at radius 2 is 1.83 bits per heavy atom. The summed E-state index contributed by atoms with van der Waals surface area (Å²) in [5, 5.41) is 4.54. The predicted octanol–water partition coefficient (Wildman–Crippen LogP) is 2.90. The molecule has 1 aromatic carbocycles. The molecular formula is C15H19N3. The minimum Gasteiger partial charge on any atom is -0.266 e. The molecule has 0 spiro atoms. The van der Waals surface area contributed by atoms with E-state index < -0.39 is 0 Å². The average molecular weight is 241 g/mol. The Bertz CT molecular complexity index is 480. The number of benzene rings is 1. The van der Waals surface area contributed by atoms with Crippen LogP contribution in [0.25, 0.3) is 0 Å². The number of hydrogen-bond donors (Lipinski definition) is 1. The first-order chi connectivity index (χ1) is 8.93. The van der Waals surface area contributed by atoms with Gasteiger partial charge < -0.3 is 0 Å². The third kappa shape index (κ3) is 2.45. The molecule has 0 aromatic heterocycles. The summed E-state index contributed by atoms with van der Waals surface area (Å²) in [4.78, 5) is 4.55. The number of fused-ring (bicyclic) bond motifs is 1. The second-order valence-corrected chi connectivity index (χ2v) is 4.99. The van der Waals surface area contributed by atoms with E-state index in [0.29, 0.717) is 0 Å². The third-order valence-electron chi connectivity index (χ3n) is 3.67. The maximum Gasteiger partial charge on any atom is 0.149 e. The van der Waals surface area contributed by atoms with Gasteiger partial charge in [-0.25, -0.2) is 0 Å². The number of hydrogen-bond acceptors (Lipinski definition) is 3. The van der Waals surface area contributed by atoms with E-state index in [-0.39, 0.29) is 0 Å². The second kappa shape index (κ2) is 5.34. The van der Waals surface area contributed by atoms with Gasteiger partial charge in [0.05, 0.1) is 0 Å². The standard InChI is InChI=1S/C15H19N3/c1-2-7-13(8-3-1)17-18-15-14-9-5-4-6-12(14)10-11-16-15/h4-6,9H,1-3,7-8,10-11H2,(H,16,18). The van der Waals surface area contributed by atoms with Gasteiger partial charge in [-0.2, -0.15) is 5.10 Å². The number of nitrogens with zero attached hydrogens (tertiary/aromatic N) is 2. The van der Waals surface area contributed by atoms with Gasteiger partial charge in [0.25, 0.3) is 0 Å². The van der Waals surface area contributed by atoms with Crippen LogP contribution >= 0.6 is 0 Å². The van der Waals surface area contributed by atoms with Gasteiger partial charge in [-0.3, -0.25) is 10.4 Å². The van der Waals surface area contributed by atoms with Gasteiger partial charge in [-0.05, 0) is 37.7 Å². The third-order valence-corrected chi connectivity index (χ3v) is 3.67. The first-order valence-corrected chi connectivity index (χ1v) is 6.88. The molecule has 0 amide bonds. The fraction of sp³-hybridized carbons (Fsp3) is 0.467. The van der Waals surface area contributed by atoms with Crippen molar-refractivity contribution in [2.45, 2.75) is 38.5 Å². The zero-order valence-corrected chi connectivity index (χ0v) is 10.7. The molecule has 1 saturated carbocycles. The fourth-order valence-electron chi connectivity index (χ4n) is 2.64. The van der Waals surface area contributed by atoms with E-state index in [2.05, 4.69) is 39.8 Å². The van der Waals surface area contributed by atoms with E-state index >= 15 is 0 Å². The van der Waals surface area contributed by atoms with Gasteiger partial charge in [-0.1, -0.05) is 30.7 Å². The van der Waals surface area contributed by atoms with Crippen molar-refractivity contribution in [2.75, 3.05) is 6.54 Å². The van der Waals surface area contributed by atoms with Crippen LogP contribution in [0.4, 0.5) is 0 Å². The first-order valence-electron chi connectivity index (χ1n) is 6.88. The van der Waals surface area contributed by atoms with Crippen LogP contribution in [0.15, 0.2) is 34.4 Å². The smallest absolute Gasteiger partial charge is 0.149 e. The number of aliphatic imine (C=N–C) groups is 1. The molecule has 0 saturated heterocycles. The van der Waals surface area contributed by atoms with E-state index in [1.165, 1.54) is 36.1 Å². The predicted molar refractivity (Wildman–Crippen MR) is 75.2 cm³/mol. The number of hydrazone groups is 1. The maximum absolute atomic E-state index is 4.55. The van der Waals surface area contributed by atoms with Crippen LogP contribution in [-0.4, -0.2) is 18.1 Å². The second-order valence-electron chi connectivity index (χ2n) is 4.99. The van der Waals surface area contributed by atoms with Crippen LogP contribution in [-0.2, 0) is 6.42 Å². The molecular weight excluding hydrogens is 222 g/mol. The summed E-state index contributed by atoms with van der Waals surface area (Å²) in [6.45, 7) is 0.865. The minimum absolute atomic E-state index is 0.865. The van der Waals surface area contributed by atoms with Gasteiger partial charge in [0, 0.05) is 17.8 Å². The molecule has 1 aliphatic carbocycles. The van der Waals surface area contributed by atoms with Crippen molar-refractivity contribution in [1.82, 2.24) is 5.43 Å². The quantitative estimate of drug-likeness (QED) is 0.754. The number of amidine groups is 1. The number of rotatable bonds is 1. The molecule has 0 bridgehead atoms. The number of nitrogens with one attached hydrogen (secondary N) is 1. The molecule has 1 heterocycles. The highest BCUT2D eigenvalue weighted by molar-refractivity contribution is 6.01. The molecule has 2 aliphatic rings. The Balaban J connectivity index is 1.75. The molecule has 18 heavy (non-hydrogen) atoms. The summed E-state index contributed by atoms with van der Waals surface area (Å²) in [7, 11) is 0. The largest absolute Gasteiger partial charge is 0.266 e. The van der Waals surface area contributed by atoms with E-state index in [0.717, 1.165) is 31.6 Å². The Morgan fingerprint density at radius 3 is 2.72 bits per heavy atom. The topological polar surface area (TPSA) is 36.8 Å². The van der Waals surface area contributed by atoms with E-state index in [1.54, 1.807) is 0 Å². The SMILES string of the molecule is c1ccc2c(c1)CCN=C2NN=C1CCCCC1. The van der Waals surface area contributed by atoms with Crippen molar-refractivity contribution in [3.05, 3.63) is 35.4 Å². The van der Waals surface area contributed by atoms with Crippen LogP contribution < -0.4 is 5.43 Å². The lowest BCUT2D eigenvalue weighted by Crippen LogP contribution is -2.26. The summed E-state index contributed by atoms with van der Waals surface area (Å²) in [5.74, 6) is 0.940. The minimum atomic E-state index is 0.865. The van der Waals surface area contributed by atoms with Gasteiger partial charge in [0.2, 0.25) is 0 Å². The Hall–Kier alpha value is -1.64. The summed E-state index contributed by atoms with van der Waals surface area (Å²) in [6, 6.07) is 8.46. The molecule has 94 valence electrons. The normalized spacial score (nSPS) is 18.9.